The number of pyridine rings is 1. The molecule has 1 aliphatic carbocycles. The van der Waals surface area contributed by atoms with Crippen molar-refractivity contribution in [3.8, 4) is 0 Å². The standard InChI is InChI=1S/C23H29N3O2/c1-18-13-15-26(21(16-18)25-20-10-6-3-7-11-20)23(28)12-14-24-22(27)17-19-8-4-2-5-9-19/h2,4-5,8-9,13,15-16,20H,3,6-7,10-12,14,17H2,1H3,(H,24,27). The molecule has 2 aromatic rings. The zero-order valence-electron chi connectivity index (χ0n) is 16.6. The minimum atomic E-state index is -0.0694. The molecule has 0 saturated heterocycles. The van der Waals surface area contributed by atoms with Crippen LogP contribution in [0.15, 0.2) is 53.7 Å². The van der Waals surface area contributed by atoms with Gasteiger partial charge in [0.25, 0.3) is 0 Å². The lowest BCUT2D eigenvalue weighted by Crippen LogP contribution is -2.33. The number of aromatic nitrogens is 1. The zero-order chi connectivity index (χ0) is 19.8. The minimum Gasteiger partial charge on any atom is -0.355 e. The third kappa shape index (κ3) is 5.91. The second-order valence-electron chi connectivity index (χ2n) is 7.51. The van der Waals surface area contributed by atoms with E-state index < -0.39 is 0 Å². The maximum absolute atomic E-state index is 12.7. The minimum absolute atomic E-state index is 0.0467. The van der Waals surface area contributed by atoms with E-state index in [2.05, 4.69) is 5.32 Å². The van der Waals surface area contributed by atoms with Crippen LogP contribution in [0, 0.1) is 6.92 Å². The summed E-state index contributed by atoms with van der Waals surface area (Å²) in [6.07, 6.45) is 8.26. The summed E-state index contributed by atoms with van der Waals surface area (Å²) in [5.74, 6) is -0.116. The van der Waals surface area contributed by atoms with Gasteiger partial charge in [-0.05, 0) is 43.0 Å². The van der Waals surface area contributed by atoms with Gasteiger partial charge in [-0.1, -0.05) is 49.6 Å². The molecule has 1 fully saturated rings. The zero-order valence-corrected chi connectivity index (χ0v) is 16.6. The third-order valence-corrected chi connectivity index (χ3v) is 5.12. The molecule has 0 unspecified atom stereocenters. The van der Waals surface area contributed by atoms with E-state index in [-0.39, 0.29) is 18.2 Å². The number of benzene rings is 1. The smallest absolute Gasteiger partial charge is 0.233 e. The Labute approximate surface area is 166 Å². The molecule has 0 radical (unpaired) electrons. The van der Waals surface area contributed by atoms with Crippen LogP contribution >= 0.6 is 0 Å². The van der Waals surface area contributed by atoms with E-state index in [0.29, 0.717) is 19.0 Å². The molecule has 0 bridgehead atoms. The first-order valence-electron chi connectivity index (χ1n) is 10.2. The van der Waals surface area contributed by atoms with Crippen molar-refractivity contribution in [3.63, 3.8) is 0 Å². The van der Waals surface area contributed by atoms with E-state index in [1.807, 2.05) is 49.4 Å². The normalized spacial score (nSPS) is 15.4. The SMILES string of the molecule is Cc1ccn(C(=O)CCNC(=O)Cc2ccccc2)c(=NC2CCCCC2)c1. The Bertz CT molecular complexity index is 865. The number of hydrogen-bond donors (Lipinski definition) is 1. The third-order valence-electron chi connectivity index (χ3n) is 5.12. The van der Waals surface area contributed by atoms with Crippen molar-refractivity contribution < 1.29 is 9.59 Å². The molecule has 1 heterocycles. The van der Waals surface area contributed by atoms with Crippen molar-refractivity contribution in [2.45, 2.75) is 57.9 Å². The average Bonchev–Trinajstić information content (AvgIpc) is 2.69. The Hall–Kier alpha value is -2.69. The summed E-state index contributed by atoms with van der Waals surface area (Å²) < 4.78 is 1.63. The maximum atomic E-state index is 12.7. The average molecular weight is 380 g/mol. The van der Waals surface area contributed by atoms with E-state index in [4.69, 9.17) is 4.99 Å². The fraction of sp³-hybridized carbons (Fsp3) is 0.435. The van der Waals surface area contributed by atoms with E-state index >= 15 is 0 Å². The van der Waals surface area contributed by atoms with Gasteiger partial charge in [0.1, 0.15) is 5.49 Å². The molecule has 1 saturated carbocycles. The van der Waals surface area contributed by atoms with E-state index in [0.717, 1.165) is 29.5 Å². The second kappa shape index (κ2) is 10.0. The molecule has 28 heavy (non-hydrogen) atoms. The molecule has 1 aliphatic rings. The Morgan fingerprint density at radius 2 is 1.86 bits per heavy atom. The van der Waals surface area contributed by atoms with Gasteiger partial charge in [-0.15, -0.1) is 0 Å². The lowest BCUT2D eigenvalue weighted by molar-refractivity contribution is -0.120. The largest absolute Gasteiger partial charge is 0.355 e. The van der Waals surface area contributed by atoms with Gasteiger partial charge in [-0.2, -0.15) is 0 Å². The number of hydrogen-bond acceptors (Lipinski definition) is 3. The van der Waals surface area contributed by atoms with Gasteiger partial charge in [0.15, 0.2) is 0 Å². The molecular weight excluding hydrogens is 350 g/mol. The fourth-order valence-electron chi connectivity index (χ4n) is 3.57. The van der Waals surface area contributed by atoms with Crippen LogP contribution < -0.4 is 10.8 Å². The molecule has 5 nitrogen and oxygen atoms in total. The van der Waals surface area contributed by atoms with Gasteiger partial charge < -0.3 is 5.32 Å². The molecule has 148 valence electrons. The summed E-state index contributed by atoms with van der Waals surface area (Å²) in [5.41, 5.74) is 2.79. The summed E-state index contributed by atoms with van der Waals surface area (Å²) >= 11 is 0. The highest BCUT2D eigenvalue weighted by Crippen LogP contribution is 2.19. The molecule has 0 aliphatic heterocycles. The predicted octanol–water partition coefficient (Wildman–Crippen LogP) is 3.42. The number of amides is 1. The Morgan fingerprint density at radius 1 is 1.11 bits per heavy atom. The molecular formula is C23H29N3O2. The highest BCUT2D eigenvalue weighted by Gasteiger charge is 2.13. The molecule has 1 N–H and O–H groups in total. The van der Waals surface area contributed by atoms with Crippen LogP contribution in [-0.2, 0) is 11.2 Å². The molecule has 0 atom stereocenters. The highest BCUT2D eigenvalue weighted by atomic mass is 16.2. The van der Waals surface area contributed by atoms with Crippen LogP contribution in [0.2, 0.25) is 0 Å². The van der Waals surface area contributed by atoms with Crippen molar-refractivity contribution >= 4 is 11.8 Å². The second-order valence-corrected chi connectivity index (χ2v) is 7.51. The first-order chi connectivity index (χ1) is 13.6. The van der Waals surface area contributed by atoms with Crippen LogP contribution in [0.25, 0.3) is 0 Å². The van der Waals surface area contributed by atoms with E-state index in [1.54, 1.807) is 10.8 Å². The van der Waals surface area contributed by atoms with Crippen molar-refractivity contribution in [1.82, 2.24) is 9.88 Å². The van der Waals surface area contributed by atoms with Crippen molar-refractivity contribution in [1.29, 1.82) is 0 Å². The molecule has 5 heteroatoms. The number of carbonyl (C=O) groups is 2. The number of carbonyl (C=O) groups excluding carboxylic acids is 2. The molecule has 0 spiro atoms. The molecule has 1 amide bonds. The number of nitrogens with one attached hydrogen (secondary N) is 1. The van der Waals surface area contributed by atoms with Gasteiger partial charge in [0.2, 0.25) is 11.8 Å². The van der Waals surface area contributed by atoms with Crippen LogP contribution in [-0.4, -0.2) is 29.0 Å². The lowest BCUT2D eigenvalue weighted by atomic mass is 9.96. The summed E-state index contributed by atoms with van der Waals surface area (Å²) in [6.45, 7) is 2.34. The molecule has 3 rings (SSSR count). The van der Waals surface area contributed by atoms with Crippen molar-refractivity contribution in [2.75, 3.05) is 6.54 Å². The van der Waals surface area contributed by atoms with Crippen molar-refractivity contribution in [2.24, 2.45) is 4.99 Å². The molecule has 1 aromatic heterocycles. The maximum Gasteiger partial charge on any atom is 0.233 e. The Kier molecular flexibility index (Phi) is 7.18. The summed E-state index contributed by atoms with van der Waals surface area (Å²) in [7, 11) is 0. The lowest BCUT2D eigenvalue weighted by Gasteiger charge is -2.18. The fourth-order valence-corrected chi connectivity index (χ4v) is 3.57. The van der Waals surface area contributed by atoms with E-state index in [9.17, 15) is 9.59 Å². The topological polar surface area (TPSA) is 63.5 Å². The van der Waals surface area contributed by atoms with Gasteiger partial charge in [-0.25, -0.2) is 0 Å². The Balaban J connectivity index is 1.59. The number of nitrogens with zero attached hydrogens (tertiary/aromatic N) is 2. The highest BCUT2D eigenvalue weighted by molar-refractivity contribution is 5.81. The number of rotatable bonds is 6. The van der Waals surface area contributed by atoms with Crippen molar-refractivity contribution in [3.05, 3.63) is 65.3 Å². The van der Waals surface area contributed by atoms with Crippen LogP contribution in [0.4, 0.5) is 0 Å². The summed E-state index contributed by atoms with van der Waals surface area (Å²) in [6, 6.07) is 13.8. The van der Waals surface area contributed by atoms with Crippen LogP contribution in [0.5, 0.6) is 0 Å². The quantitative estimate of drug-likeness (QED) is 0.836. The van der Waals surface area contributed by atoms with Gasteiger partial charge in [0, 0.05) is 19.2 Å². The van der Waals surface area contributed by atoms with E-state index in [1.165, 1.54) is 19.3 Å². The summed E-state index contributed by atoms with van der Waals surface area (Å²) in [5, 5.41) is 2.84. The first-order valence-corrected chi connectivity index (χ1v) is 10.2. The number of aryl methyl sites for hydroxylation is 1. The van der Waals surface area contributed by atoms with Gasteiger partial charge in [-0.3, -0.25) is 19.1 Å². The van der Waals surface area contributed by atoms with Crippen LogP contribution in [0.1, 0.15) is 54.4 Å². The molecule has 1 aromatic carbocycles. The van der Waals surface area contributed by atoms with Gasteiger partial charge >= 0.3 is 0 Å². The Morgan fingerprint density at radius 3 is 2.61 bits per heavy atom. The monoisotopic (exact) mass is 379 g/mol. The van der Waals surface area contributed by atoms with Crippen LogP contribution in [0.3, 0.4) is 0 Å². The predicted molar refractivity (Wildman–Crippen MR) is 110 cm³/mol. The summed E-state index contributed by atoms with van der Waals surface area (Å²) in [4.78, 5) is 29.6. The first kappa shape index (κ1) is 20.1. The van der Waals surface area contributed by atoms with Gasteiger partial charge in [0.05, 0.1) is 12.5 Å².